The Morgan fingerprint density at radius 1 is 1.07 bits per heavy atom. The van der Waals surface area contributed by atoms with E-state index in [0.29, 0.717) is 24.3 Å². The highest BCUT2D eigenvalue weighted by atomic mass is 16.4. The van der Waals surface area contributed by atoms with E-state index < -0.39 is 12.1 Å². The van der Waals surface area contributed by atoms with E-state index in [1.165, 1.54) is 13.3 Å². The molecule has 0 aromatic rings. The van der Waals surface area contributed by atoms with Crippen LogP contribution in [-0.4, -0.2) is 41.6 Å². The summed E-state index contributed by atoms with van der Waals surface area (Å²) in [6.07, 6.45) is 2.78. The van der Waals surface area contributed by atoms with Crippen molar-refractivity contribution in [1.82, 2.24) is 16.0 Å². The van der Waals surface area contributed by atoms with Crippen molar-refractivity contribution in [3.8, 4) is 0 Å². The summed E-state index contributed by atoms with van der Waals surface area (Å²) in [5.74, 6) is 1.29. The van der Waals surface area contributed by atoms with Gasteiger partial charge in [-0.25, -0.2) is 4.79 Å². The van der Waals surface area contributed by atoms with Crippen molar-refractivity contribution in [1.29, 1.82) is 0 Å². The van der Waals surface area contributed by atoms with Crippen LogP contribution in [0, 0.1) is 29.6 Å². The molecule has 1 fully saturated rings. The summed E-state index contributed by atoms with van der Waals surface area (Å²) in [6.45, 7) is 12.5. The van der Waals surface area contributed by atoms with Gasteiger partial charge in [0, 0.05) is 18.5 Å². The highest BCUT2D eigenvalue weighted by Crippen LogP contribution is 2.38. The van der Waals surface area contributed by atoms with Gasteiger partial charge in [0.15, 0.2) is 0 Å². The van der Waals surface area contributed by atoms with Crippen molar-refractivity contribution >= 4 is 17.9 Å². The van der Waals surface area contributed by atoms with E-state index in [0.717, 1.165) is 19.3 Å². The minimum Gasteiger partial charge on any atom is -0.465 e. The number of carboxylic acid groups (broad SMARTS) is 1. The van der Waals surface area contributed by atoms with Gasteiger partial charge >= 0.3 is 6.09 Å². The molecule has 0 saturated heterocycles. The van der Waals surface area contributed by atoms with Crippen molar-refractivity contribution in [2.75, 3.05) is 6.54 Å². The average molecular weight is 398 g/mol. The quantitative estimate of drug-likeness (QED) is 0.480. The van der Waals surface area contributed by atoms with Gasteiger partial charge < -0.3 is 21.1 Å². The van der Waals surface area contributed by atoms with E-state index in [9.17, 15) is 14.4 Å². The standard InChI is InChI=1S/C21H39N3O4/c1-7-14(5)18(24-19(25)15(6)23-21(27)28)11-22-20(26)17-10-13(4)8-9-16(17)12(2)3/h12-18,23H,7-11H2,1-6H3,(H,22,26)(H,24,25)(H,27,28)/t13-,14?,15?,16+,17-,18?/m1/s1. The first kappa shape index (κ1) is 24.2. The lowest BCUT2D eigenvalue weighted by molar-refractivity contribution is -0.130. The van der Waals surface area contributed by atoms with Crippen molar-refractivity contribution in [2.24, 2.45) is 29.6 Å². The normalized spacial score (nSPS) is 25.5. The predicted molar refractivity (Wildman–Crippen MR) is 110 cm³/mol. The monoisotopic (exact) mass is 397 g/mol. The molecule has 1 aliphatic rings. The molecule has 4 N–H and O–H groups in total. The van der Waals surface area contributed by atoms with Crippen molar-refractivity contribution < 1.29 is 19.5 Å². The lowest BCUT2D eigenvalue weighted by Crippen LogP contribution is -2.53. The van der Waals surface area contributed by atoms with Crippen LogP contribution in [0.2, 0.25) is 0 Å². The Kier molecular flexibility index (Phi) is 9.76. The number of carbonyl (C=O) groups excluding carboxylic acids is 2. The van der Waals surface area contributed by atoms with Crippen LogP contribution in [0.25, 0.3) is 0 Å². The zero-order valence-electron chi connectivity index (χ0n) is 18.2. The molecule has 1 aliphatic carbocycles. The molecule has 0 aromatic carbocycles. The maximum atomic E-state index is 12.9. The summed E-state index contributed by atoms with van der Waals surface area (Å²) >= 11 is 0. The Morgan fingerprint density at radius 2 is 1.71 bits per heavy atom. The molecule has 1 rings (SSSR count). The minimum atomic E-state index is -1.23. The zero-order valence-corrected chi connectivity index (χ0v) is 18.2. The number of hydrogen-bond acceptors (Lipinski definition) is 3. The molecule has 7 nitrogen and oxygen atoms in total. The van der Waals surface area contributed by atoms with Crippen LogP contribution in [0.3, 0.4) is 0 Å². The van der Waals surface area contributed by atoms with Crippen molar-refractivity contribution in [3.63, 3.8) is 0 Å². The molecular weight excluding hydrogens is 358 g/mol. The molecule has 0 aromatic heterocycles. The number of nitrogens with one attached hydrogen (secondary N) is 3. The second-order valence-corrected chi connectivity index (χ2v) is 8.85. The van der Waals surface area contributed by atoms with Crippen LogP contribution in [0.15, 0.2) is 0 Å². The fraction of sp³-hybridized carbons (Fsp3) is 0.857. The number of carbonyl (C=O) groups is 3. The fourth-order valence-electron chi connectivity index (χ4n) is 4.08. The molecule has 0 spiro atoms. The van der Waals surface area contributed by atoms with Gasteiger partial charge in [-0.05, 0) is 43.4 Å². The second-order valence-electron chi connectivity index (χ2n) is 8.85. The maximum absolute atomic E-state index is 12.9. The first-order valence-corrected chi connectivity index (χ1v) is 10.6. The molecule has 3 amide bonds. The van der Waals surface area contributed by atoms with Crippen LogP contribution in [0.4, 0.5) is 4.79 Å². The molecule has 162 valence electrons. The predicted octanol–water partition coefficient (Wildman–Crippen LogP) is 3.00. The largest absolute Gasteiger partial charge is 0.465 e. The highest BCUT2D eigenvalue weighted by Gasteiger charge is 2.35. The number of hydrogen-bond donors (Lipinski definition) is 4. The van der Waals surface area contributed by atoms with Crippen LogP contribution in [-0.2, 0) is 9.59 Å². The van der Waals surface area contributed by atoms with E-state index in [-0.39, 0.29) is 29.7 Å². The van der Waals surface area contributed by atoms with E-state index in [1.807, 2.05) is 13.8 Å². The van der Waals surface area contributed by atoms with Crippen LogP contribution < -0.4 is 16.0 Å². The Labute approximate surface area is 169 Å². The molecular formula is C21H39N3O4. The third kappa shape index (κ3) is 7.32. The molecule has 28 heavy (non-hydrogen) atoms. The van der Waals surface area contributed by atoms with Gasteiger partial charge in [-0.15, -0.1) is 0 Å². The first-order valence-electron chi connectivity index (χ1n) is 10.6. The van der Waals surface area contributed by atoms with E-state index in [4.69, 9.17) is 5.11 Å². The maximum Gasteiger partial charge on any atom is 0.405 e. The lowest BCUT2D eigenvalue weighted by atomic mass is 9.70. The summed E-state index contributed by atoms with van der Waals surface area (Å²) in [4.78, 5) is 36.0. The molecule has 3 unspecified atom stereocenters. The average Bonchev–Trinajstić information content (AvgIpc) is 2.62. The Hall–Kier alpha value is -1.79. The van der Waals surface area contributed by atoms with Gasteiger partial charge in [0.05, 0.1) is 0 Å². The SMILES string of the molecule is CCC(C)C(CNC(=O)[C@@H]1C[C@H](C)CC[C@H]1C(C)C)NC(=O)C(C)NC(=O)O. The first-order chi connectivity index (χ1) is 13.1. The molecule has 0 heterocycles. The van der Waals surface area contributed by atoms with Gasteiger partial charge in [0.2, 0.25) is 11.8 Å². The van der Waals surface area contributed by atoms with Gasteiger partial charge in [-0.3, -0.25) is 9.59 Å². The molecule has 0 aliphatic heterocycles. The second kappa shape index (κ2) is 11.3. The third-order valence-corrected chi connectivity index (χ3v) is 6.25. The van der Waals surface area contributed by atoms with Gasteiger partial charge in [0.25, 0.3) is 0 Å². The summed E-state index contributed by atoms with van der Waals surface area (Å²) < 4.78 is 0. The summed E-state index contributed by atoms with van der Waals surface area (Å²) in [5.41, 5.74) is 0. The summed E-state index contributed by atoms with van der Waals surface area (Å²) in [5, 5.41) is 16.9. The van der Waals surface area contributed by atoms with Crippen molar-refractivity contribution in [3.05, 3.63) is 0 Å². The van der Waals surface area contributed by atoms with E-state index in [2.05, 4.69) is 36.7 Å². The topological polar surface area (TPSA) is 108 Å². The molecule has 0 radical (unpaired) electrons. The number of amides is 3. The van der Waals surface area contributed by atoms with Gasteiger partial charge in [-0.1, -0.05) is 47.5 Å². The smallest absolute Gasteiger partial charge is 0.405 e. The molecule has 6 atom stereocenters. The zero-order chi connectivity index (χ0) is 21.4. The third-order valence-electron chi connectivity index (χ3n) is 6.25. The number of rotatable bonds is 9. The lowest BCUT2D eigenvalue weighted by Gasteiger charge is -2.37. The van der Waals surface area contributed by atoms with Crippen LogP contribution >= 0.6 is 0 Å². The summed E-state index contributed by atoms with van der Waals surface area (Å²) in [7, 11) is 0. The van der Waals surface area contributed by atoms with Crippen molar-refractivity contribution in [2.45, 2.75) is 79.3 Å². The van der Waals surface area contributed by atoms with E-state index >= 15 is 0 Å². The molecule has 7 heteroatoms. The fourth-order valence-corrected chi connectivity index (χ4v) is 4.08. The van der Waals surface area contributed by atoms with Crippen LogP contribution in [0.1, 0.15) is 67.2 Å². The Morgan fingerprint density at radius 3 is 2.25 bits per heavy atom. The summed E-state index contributed by atoms with van der Waals surface area (Å²) in [6, 6.07) is -1.08. The van der Waals surface area contributed by atoms with Crippen LogP contribution in [0.5, 0.6) is 0 Å². The van der Waals surface area contributed by atoms with Gasteiger partial charge in [0.1, 0.15) is 6.04 Å². The Bertz CT molecular complexity index is 538. The highest BCUT2D eigenvalue weighted by molar-refractivity contribution is 5.85. The minimum absolute atomic E-state index is 0.0182. The molecule has 0 bridgehead atoms. The molecule has 1 saturated carbocycles. The Balaban J connectivity index is 2.72. The van der Waals surface area contributed by atoms with E-state index in [1.54, 1.807) is 0 Å². The van der Waals surface area contributed by atoms with Gasteiger partial charge in [-0.2, -0.15) is 0 Å².